The summed E-state index contributed by atoms with van der Waals surface area (Å²) in [5, 5.41) is 4.41. The number of likely N-dealkylation sites (tertiary alicyclic amines) is 1. The Balaban J connectivity index is 1.48. The molecular weight excluding hydrogens is 430 g/mol. The Morgan fingerprint density at radius 3 is 2.22 bits per heavy atom. The maximum Gasteiger partial charge on any atom is 0.418 e. The first-order chi connectivity index (χ1) is 15.2. The van der Waals surface area contributed by atoms with Crippen LogP contribution in [0, 0.1) is 11.7 Å². The third-order valence-corrected chi connectivity index (χ3v) is 5.24. The van der Waals surface area contributed by atoms with E-state index in [1.807, 2.05) is 5.32 Å². The molecule has 6 nitrogen and oxygen atoms in total. The van der Waals surface area contributed by atoms with E-state index in [2.05, 4.69) is 5.32 Å². The number of alkyl halides is 3. The lowest BCUT2D eigenvalue weighted by Gasteiger charge is -2.32. The number of nitrogens with zero attached hydrogens (tertiary/aromatic N) is 1. The molecule has 0 atom stereocenters. The van der Waals surface area contributed by atoms with Gasteiger partial charge in [-0.3, -0.25) is 14.4 Å². The fraction of sp³-hybridized carbons (Fsp3) is 0.318. The van der Waals surface area contributed by atoms with E-state index in [-0.39, 0.29) is 18.0 Å². The maximum absolute atomic E-state index is 13.8. The van der Waals surface area contributed by atoms with Gasteiger partial charge in [-0.15, -0.1) is 0 Å². The van der Waals surface area contributed by atoms with Gasteiger partial charge in [0.05, 0.1) is 16.8 Å². The molecule has 3 rings (SSSR count). The van der Waals surface area contributed by atoms with Crippen molar-refractivity contribution in [3.8, 4) is 0 Å². The van der Waals surface area contributed by atoms with Gasteiger partial charge in [0.2, 0.25) is 0 Å². The molecule has 1 saturated heterocycles. The van der Waals surface area contributed by atoms with E-state index in [1.165, 1.54) is 35.2 Å². The zero-order valence-corrected chi connectivity index (χ0v) is 16.9. The predicted molar refractivity (Wildman–Crippen MR) is 108 cm³/mol. The third kappa shape index (κ3) is 5.63. The largest absolute Gasteiger partial charge is 0.418 e. The molecule has 1 aliphatic heterocycles. The highest BCUT2D eigenvalue weighted by Gasteiger charge is 2.34. The van der Waals surface area contributed by atoms with Crippen LogP contribution in [-0.2, 0) is 15.8 Å². The van der Waals surface area contributed by atoms with Gasteiger partial charge >= 0.3 is 18.0 Å². The van der Waals surface area contributed by atoms with E-state index in [1.54, 1.807) is 6.07 Å². The molecule has 0 saturated carbocycles. The first-order valence-electron chi connectivity index (χ1n) is 9.96. The van der Waals surface area contributed by atoms with E-state index < -0.39 is 41.0 Å². The minimum absolute atomic E-state index is 0.00457. The normalized spacial score (nSPS) is 14.7. The molecule has 3 amide bonds. The zero-order chi connectivity index (χ0) is 23.3. The molecule has 0 bridgehead atoms. The fourth-order valence-corrected chi connectivity index (χ4v) is 3.48. The van der Waals surface area contributed by atoms with Gasteiger partial charge in [0, 0.05) is 19.6 Å². The Kier molecular flexibility index (Phi) is 7.12. The lowest BCUT2D eigenvalue weighted by Crippen LogP contribution is -2.43. The second-order valence-electron chi connectivity index (χ2n) is 7.42. The predicted octanol–water partition coefficient (Wildman–Crippen LogP) is 3.45. The number of benzene rings is 2. The van der Waals surface area contributed by atoms with Crippen molar-refractivity contribution < 1.29 is 31.9 Å². The Morgan fingerprint density at radius 1 is 0.938 bits per heavy atom. The molecule has 32 heavy (non-hydrogen) atoms. The van der Waals surface area contributed by atoms with Crippen LogP contribution in [0.5, 0.6) is 0 Å². The molecule has 170 valence electrons. The second kappa shape index (κ2) is 9.80. The highest BCUT2D eigenvalue weighted by molar-refractivity contribution is 6.39. The molecule has 2 aromatic carbocycles. The Morgan fingerprint density at radius 2 is 1.56 bits per heavy atom. The quantitative estimate of drug-likeness (QED) is 0.552. The topological polar surface area (TPSA) is 78.5 Å². The number of para-hydroxylation sites is 1. The van der Waals surface area contributed by atoms with E-state index in [0.717, 1.165) is 12.1 Å². The van der Waals surface area contributed by atoms with Gasteiger partial charge in [0.15, 0.2) is 0 Å². The van der Waals surface area contributed by atoms with Crippen LogP contribution in [0.25, 0.3) is 0 Å². The molecule has 0 aliphatic carbocycles. The van der Waals surface area contributed by atoms with Gasteiger partial charge in [0.1, 0.15) is 5.82 Å². The number of nitrogens with one attached hydrogen (secondary N) is 2. The monoisotopic (exact) mass is 451 g/mol. The summed E-state index contributed by atoms with van der Waals surface area (Å²) in [4.78, 5) is 38.0. The van der Waals surface area contributed by atoms with E-state index in [4.69, 9.17) is 0 Å². The minimum Gasteiger partial charge on any atom is -0.348 e. The van der Waals surface area contributed by atoms with Crippen molar-refractivity contribution in [1.82, 2.24) is 10.2 Å². The average Bonchev–Trinajstić information content (AvgIpc) is 2.77. The summed E-state index contributed by atoms with van der Waals surface area (Å²) in [5.41, 5.74) is -1.55. The molecule has 0 aromatic heterocycles. The minimum atomic E-state index is -4.67. The highest BCUT2D eigenvalue weighted by Crippen LogP contribution is 2.34. The van der Waals surface area contributed by atoms with Crippen molar-refractivity contribution >= 4 is 23.4 Å². The van der Waals surface area contributed by atoms with Crippen LogP contribution >= 0.6 is 0 Å². The van der Waals surface area contributed by atoms with Crippen molar-refractivity contribution in [2.75, 3.05) is 25.0 Å². The number of anilines is 1. The van der Waals surface area contributed by atoms with E-state index in [9.17, 15) is 31.9 Å². The summed E-state index contributed by atoms with van der Waals surface area (Å²) in [6.45, 7) is 0.854. The molecule has 1 fully saturated rings. The molecular formula is C22H21F4N3O3. The molecule has 0 spiro atoms. The third-order valence-electron chi connectivity index (χ3n) is 5.24. The molecule has 10 heteroatoms. The van der Waals surface area contributed by atoms with Gasteiger partial charge < -0.3 is 15.5 Å². The van der Waals surface area contributed by atoms with Gasteiger partial charge in [-0.25, -0.2) is 4.39 Å². The summed E-state index contributed by atoms with van der Waals surface area (Å²) in [6.07, 6.45) is -3.62. The van der Waals surface area contributed by atoms with Crippen molar-refractivity contribution in [2.45, 2.75) is 19.0 Å². The zero-order valence-electron chi connectivity index (χ0n) is 16.9. The number of piperidine rings is 1. The SMILES string of the molecule is O=C(NCC1CCN(C(=O)c2ccccc2F)CC1)C(=O)Nc1ccccc1C(F)(F)F. The van der Waals surface area contributed by atoms with Gasteiger partial charge in [-0.1, -0.05) is 24.3 Å². The molecule has 2 aromatic rings. The Hall–Kier alpha value is -3.43. The van der Waals surface area contributed by atoms with Gasteiger partial charge in [-0.2, -0.15) is 13.2 Å². The Bertz CT molecular complexity index is 1000. The van der Waals surface area contributed by atoms with Crippen LogP contribution in [0.3, 0.4) is 0 Å². The smallest absolute Gasteiger partial charge is 0.348 e. The lowest BCUT2D eigenvalue weighted by atomic mass is 9.96. The summed E-state index contributed by atoms with van der Waals surface area (Å²) < 4.78 is 52.8. The van der Waals surface area contributed by atoms with E-state index in [0.29, 0.717) is 25.9 Å². The summed E-state index contributed by atoms with van der Waals surface area (Å²) in [6, 6.07) is 10.1. The van der Waals surface area contributed by atoms with Crippen molar-refractivity contribution in [2.24, 2.45) is 5.92 Å². The van der Waals surface area contributed by atoms with Crippen LogP contribution in [0.4, 0.5) is 23.2 Å². The number of amides is 3. The van der Waals surface area contributed by atoms with E-state index >= 15 is 0 Å². The average molecular weight is 451 g/mol. The van der Waals surface area contributed by atoms with Gasteiger partial charge in [0.25, 0.3) is 5.91 Å². The first kappa shape index (κ1) is 23.2. The Labute approximate surface area is 181 Å². The number of hydrogen-bond acceptors (Lipinski definition) is 3. The number of carbonyl (C=O) groups is 3. The van der Waals surface area contributed by atoms with Crippen LogP contribution in [-0.4, -0.2) is 42.3 Å². The van der Waals surface area contributed by atoms with Crippen molar-refractivity contribution in [3.05, 3.63) is 65.5 Å². The summed E-state index contributed by atoms with van der Waals surface area (Å²) >= 11 is 0. The highest BCUT2D eigenvalue weighted by atomic mass is 19.4. The van der Waals surface area contributed by atoms with Crippen molar-refractivity contribution in [3.63, 3.8) is 0 Å². The van der Waals surface area contributed by atoms with Crippen LogP contribution < -0.4 is 10.6 Å². The fourth-order valence-electron chi connectivity index (χ4n) is 3.48. The first-order valence-corrected chi connectivity index (χ1v) is 9.96. The second-order valence-corrected chi connectivity index (χ2v) is 7.42. The van der Waals surface area contributed by atoms with Gasteiger partial charge in [-0.05, 0) is 43.0 Å². The number of halogens is 4. The standard InChI is InChI=1S/C22H21F4N3O3/c23-17-7-3-1-5-15(17)21(32)29-11-9-14(10-12-29)13-27-19(30)20(31)28-18-8-4-2-6-16(18)22(24,25)26/h1-8,14H,9-13H2,(H,27,30)(H,28,31). The lowest BCUT2D eigenvalue weighted by molar-refractivity contribution is -0.138. The maximum atomic E-state index is 13.8. The summed E-state index contributed by atoms with van der Waals surface area (Å²) in [7, 11) is 0. The van der Waals surface area contributed by atoms with Crippen LogP contribution in [0.1, 0.15) is 28.8 Å². The molecule has 2 N–H and O–H groups in total. The number of hydrogen-bond donors (Lipinski definition) is 2. The molecule has 1 aliphatic rings. The number of rotatable bonds is 4. The number of carbonyl (C=O) groups excluding carboxylic acids is 3. The molecule has 0 unspecified atom stereocenters. The summed E-state index contributed by atoms with van der Waals surface area (Å²) in [5.74, 6) is -3.28. The van der Waals surface area contributed by atoms with Crippen LogP contribution in [0.15, 0.2) is 48.5 Å². The van der Waals surface area contributed by atoms with Crippen LogP contribution in [0.2, 0.25) is 0 Å². The molecule has 1 heterocycles. The van der Waals surface area contributed by atoms with Crippen molar-refractivity contribution in [1.29, 1.82) is 0 Å². The molecule has 0 radical (unpaired) electrons.